The molecule has 20 heavy (non-hydrogen) atoms. The van der Waals surface area contributed by atoms with Crippen LogP contribution in [0.25, 0.3) is 11.1 Å². The standard InChI is InChI=1S/C19H23N/c1-13-4-6-17(11-14(13)2)19-9-5-16(10-15(19)3)12-20-18-7-8-18/h4-6,9-11,18,20H,7-8,12H2,1-3H3. The van der Waals surface area contributed by atoms with Crippen LogP contribution in [0.15, 0.2) is 36.4 Å². The molecule has 2 aromatic carbocycles. The van der Waals surface area contributed by atoms with Crippen LogP contribution < -0.4 is 5.32 Å². The minimum Gasteiger partial charge on any atom is -0.310 e. The van der Waals surface area contributed by atoms with Crippen LogP contribution in [0.2, 0.25) is 0 Å². The Balaban J connectivity index is 1.83. The summed E-state index contributed by atoms with van der Waals surface area (Å²) in [6, 6.07) is 14.4. The van der Waals surface area contributed by atoms with E-state index in [1.807, 2.05) is 0 Å². The first-order chi connectivity index (χ1) is 9.63. The van der Waals surface area contributed by atoms with Crippen molar-refractivity contribution in [3.63, 3.8) is 0 Å². The van der Waals surface area contributed by atoms with Gasteiger partial charge in [-0.3, -0.25) is 0 Å². The van der Waals surface area contributed by atoms with Crippen molar-refractivity contribution in [1.29, 1.82) is 0 Å². The second-order valence-corrected chi connectivity index (χ2v) is 6.10. The monoisotopic (exact) mass is 265 g/mol. The molecule has 1 aliphatic rings. The van der Waals surface area contributed by atoms with Gasteiger partial charge in [-0.1, -0.05) is 36.4 Å². The fourth-order valence-electron chi connectivity index (χ4n) is 2.62. The molecule has 0 amide bonds. The van der Waals surface area contributed by atoms with E-state index in [1.54, 1.807) is 0 Å². The van der Waals surface area contributed by atoms with Crippen LogP contribution in [0.4, 0.5) is 0 Å². The minimum absolute atomic E-state index is 0.773. The van der Waals surface area contributed by atoms with Crippen molar-refractivity contribution in [3.05, 3.63) is 58.7 Å². The fourth-order valence-corrected chi connectivity index (χ4v) is 2.62. The van der Waals surface area contributed by atoms with Gasteiger partial charge in [0.1, 0.15) is 0 Å². The van der Waals surface area contributed by atoms with Gasteiger partial charge in [0.2, 0.25) is 0 Å². The van der Waals surface area contributed by atoms with Gasteiger partial charge in [-0.15, -0.1) is 0 Å². The zero-order valence-electron chi connectivity index (χ0n) is 12.7. The lowest BCUT2D eigenvalue weighted by molar-refractivity contribution is 0.687. The lowest BCUT2D eigenvalue weighted by atomic mass is 9.96. The van der Waals surface area contributed by atoms with Crippen molar-refractivity contribution in [1.82, 2.24) is 5.32 Å². The van der Waals surface area contributed by atoms with E-state index in [0.29, 0.717) is 0 Å². The first-order valence-corrected chi connectivity index (χ1v) is 7.54. The molecule has 104 valence electrons. The molecule has 1 aliphatic carbocycles. The maximum atomic E-state index is 3.58. The van der Waals surface area contributed by atoms with E-state index in [1.165, 1.54) is 46.2 Å². The molecule has 1 heteroatoms. The topological polar surface area (TPSA) is 12.0 Å². The third kappa shape index (κ3) is 2.94. The van der Waals surface area contributed by atoms with Crippen molar-refractivity contribution in [2.24, 2.45) is 0 Å². The molecule has 0 radical (unpaired) electrons. The molecule has 0 unspecified atom stereocenters. The SMILES string of the molecule is Cc1ccc(-c2ccc(CNC3CC3)cc2C)cc1C. The van der Waals surface area contributed by atoms with Crippen molar-refractivity contribution in [2.45, 2.75) is 46.2 Å². The van der Waals surface area contributed by atoms with Crippen LogP contribution in [-0.2, 0) is 6.54 Å². The molecule has 0 saturated heterocycles. The third-order valence-electron chi connectivity index (χ3n) is 4.28. The molecule has 0 spiro atoms. The zero-order valence-corrected chi connectivity index (χ0v) is 12.7. The first kappa shape index (κ1) is 13.4. The van der Waals surface area contributed by atoms with Gasteiger partial charge in [0.15, 0.2) is 0 Å². The van der Waals surface area contributed by atoms with Crippen LogP contribution in [0.3, 0.4) is 0 Å². The maximum absolute atomic E-state index is 3.58. The van der Waals surface area contributed by atoms with E-state index in [2.05, 4.69) is 62.5 Å². The predicted molar refractivity (Wildman–Crippen MR) is 86.0 cm³/mol. The summed E-state index contributed by atoms with van der Waals surface area (Å²) >= 11 is 0. The number of hydrogen-bond donors (Lipinski definition) is 1. The summed E-state index contributed by atoms with van der Waals surface area (Å²) in [5.41, 5.74) is 8.15. The number of rotatable bonds is 4. The van der Waals surface area contributed by atoms with Crippen molar-refractivity contribution in [2.75, 3.05) is 0 Å². The van der Waals surface area contributed by atoms with Crippen molar-refractivity contribution < 1.29 is 0 Å². The Morgan fingerprint density at radius 3 is 2.35 bits per heavy atom. The Kier molecular flexibility index (Phi) is 3.62. The smallest absolute Gasteiger partial charge is 0.0208 e. The lowest BCUT2D eigenvalue weighted by Crippen LogP contribution is -2.15. The second kappa shape index (κ2) is 5.41. The van der Waals surface area contributed by atoms with Crippen molar-refractivity contribution in [3.8, 4) is 11.1 Å². The molecule has 0 aliphatic heterocycles. The Morgan fingerprint density at radius 1 is 0.900 bits per heavy atom. The highest BCUT2D eigenvalue weighted by molar-refractivity contribution is 5.68. The molecule has 1 nitrogen and oxygen atoms in total. The van der Waals surface area contributed by atoms with E-state index in [-0.39, 0.29) is 0 Å². The first-order valence-electron chi connectivity index (χ1n) is 7.54. The van der Waals surface area contributed by atoms with Gasteiger partial charge >= 0.3 is 0 Å². The number of hydrogen-bond acceptors (Lipinski definition) is 1. The van der Waals surface area contributed by atoms with Gasteiger partial charge in [-0.05, 0) is 67.0 Å². The molecule has 0 atom stereocenters. The Bertz CT molecular complexity index is 624. The van der Waals surface area contributed by atoms with Gasteiger partial charge in [0, 0.05) is 12.6 Å². The van der Waals surface area contributed by atoms with Crippen LogP contribution in [0.1, 0.15) is 35.1 Å². The zero-order chi connectivity index (χ0) is 14.1. The fraction of sp³-hybridized carbons (Fsp3) is 0.368. The largest absolute Gasteiger partial charge is 0.310 e. The molecule has 1 fully saturated rings. The lowest BCUT2D eigenvalue weighted by Gasteiger charge is -2.11. The van der Waals surface area contributed by atoms with Crippen LogP contribution >= 0.6 is 0 Å². The van der Waals surface area contributed by atoms with Crippen LogP contribution in [0.5, 0.6) is 0 Å². The Hall–Kier alpha value is -1.60. The Labute approximate surface area is 122 Å². The average molecular weight is 265 g/mol. The minimum atomic E-state index is 0.773. The molecule has 1 saturated carbocycles. The molecule has 0 heterocycles. The summed E-state index contributed by atoms with van der Waals surface area (Å²) in [5.74, 6) is 0. The van der Waals surface area contributed by atoms with E-state index in [9.17, 15) is 0 Å². The summed E-state index contributed by atoms with van der Waals surface area (Å²) < 4.78 is 0. The quantitative estimate of drug-likeness (QED) is 0.856. The number of benzene rings is 2. The summed E-state index contributed by atoms with van der Waals surface area (Å²) in [6.45, 7) is 7.56. The molecule has 2 aromatic rings. The average Bonchev–Trinajstić information content (AvgIpc) is 3.24. The molecule has 1 N–H and O–H groups in total. The molecular formula is C19H23N. The Morgan fingerprint density at radius 2 is 1.70 bits per heavy atom. The predicted octanol–water partition coefficient (Wildman–Crippen LogP) is 4.53. The summed E-state index contributed by atoms with van der Waals surface area (Å²) in [6.07, 6.45) is 2.69. The van der Waals surface area contributed by atoms with E-state index < -0.39 is 0 Å². The highest BCUT2D eigenvalue weighted by atomic mass is 14.9. The van der Waals surface area contributed by atoms with Crippen molar-refractivity contribution >= 4 is 0 Å². The van der Waals surface area contributed by atoms with E-state index in [0.717, 1.165) is 12.6 Å². The highest BCUT2D eigenvalue weighted by Crippen LogP contribution is 2.26. The normalized spacial score (nSPS) is 14.6. The van der Waals surface area contributed by atoms with Gasteiger partial charge in [-0.2, -0.15) is 0 Å². The van der Waals surface area contributed by atoms with E-state index >= 15 is 0 Å². The maximum Gasteiger partial charge on any atom is 0.0208 e. The van der Waals surface area contributed by atoms with Crippen LogP contribution in [0, 0.1) is 20.8 Å². The van der Waals surface area contributed by atoms with E-state index in [4.69, 9.17) is 0 Å². The summed E-state index contributed by atoms with van der Waals surface area (Å²) in [5, 5.41) is 3.58. The van der Waals surface area contributed by atoms with Crippen LogP contribution in [-0.4, -0.2) is 6.04 Å². The third-order valence-corrected chi connectivity index (χ3v) is 4.28. The summed E-state index contributed by atoms with van der Waals surface area (Å²) in [7, 11) is 0. The van der Waals surface area contributed by atoms with Gasteiger partial charge in [0.05, 0.1) is 0 Å². The highest BCUT2D eigenvalue weighted by Gasteiger charge is 2.19. The second-order valence-electron chi connectivity index (χ2n) is 6.10. The summed E-state index contributed by atoms with van der Waals surface area (Å²) in [4.78, 5) is 0. The molecule has 0 aromatic heterocycles. The number of nitrogens with one attached hydrogen (secondary N) is 1. The molecular weight excluding hydrogens is 242 g/mol. The van der Waals surface area contributed by atoms with Gasteiger partial charge in [0.25, 0.3) is 0 Å². The molecule has 0 bridgehead atoms. The van der Waals surface area contributed by atoms with Gasteiger partial charge < -0.3 is 5.32 Å². The van der Waals surface area contributed by atoms with Gasteiger partial charge in [-0.25, -0.2) is 0 Å². The molecule has 3 rings (SSSR count). The number of aryl methyl sites for hydroxylation is 3.